The van der Waals surface area contributed by atoms with Gasteiger partial charge in [0.2, 0.25) is 0 Å². The van der Waals surface area contributed by atoms with Crippen LogP contribution >= 0.6 is 11.8 Å². The van der Waals surface area contributed by atoms with Gasteiger partial charge in [-0.1, -0.05) is 11.8 Å². The first-order chi connectivity index (χ1) is 4.31. The van der Waals surface area contributed by atoms with Crippen LogP contribution < -0.4 is 11.5 Å². The fourth-order valence-corrected chi connectivity index (χ4v) is 0.912. The SMILES string of the molecule is CCN=C(N)SCCN. The van der Waals surface area contributed by atoms with E-state index in [-0.39, 0.29) is 0 Å². The molecule has 0 radical (unpaired) electrons. The van der Waals surface area contributed by atoms with E-state index in [1.54, 1.807) is 0 Å². The minimum absolute atomic E-state index is 0.642. The number of amidine groups is 1. The Labute approximate surface area is 59.9 Å². The quantitative estimate of drug-likeness (QED) is 0.436. The Hall–Kier alpha value is -0.220. The van der Waals surface area contributed by atoms with Crippen LogP contribution in [0.1, 0.15) is 6.92 Å². The number of aliphatic imine (C=N–C) groups is 1. The largest absolute Gasteiger partial charge is 0.379 e. The van der Waals surface area contributed by atoms with E-state index in [2.05, 4.69) is 4.99 Å². The molecule has 0 saturated carbocycles. The molecule has 0 saturated heterocycles. The lowest BCUT2D eigenvalue weighted by molar-refractivity contribution is 1.13. The molecule has 0 aliphatic carbocycles. The fraction of sp³-hybridized carbons (Fsp3) is 0.800. The Balaban J connectivity index is 3.25. The van der Waals surface area contributed by atoms with Gasteiger partial charge in [-0.05, 0) is 6.92 Å². The van der Waals surface area contributed by atoms with Crippen LogP contribution in [0.2, 0.25) is 0 Å². The summed E-state index contributed by atoms with van der Waals surface area (Å²) in [6.45, 7) is 3.36. The molecule has 0 aromatic rings. The second-order valence-electron chi connectivity index (χ2n) is 1.45. The van der Waals surface area contributed by atoms with Crippen molar-refractivity contribution in [1.82, 2.24) is 0 Å². The molecule has 9 heavy (non-hydrogen) atoms. The molecule has 4 N–H and O–H groups in total. The molecule has 0 unspecified atom stereocenters. The highest BCUT2D eigenvalue weighted by Crippen LogP contribution is 1.96. The van der Waals surface area contributed by atoms with Crippen molar-refractivity contribution in [3.05, 3.63) is 0 Å². The Morgan fingerprint density at radius 3 is 2.78 bits per heavy atom. The van der Waals surface area contributed by atoms with Gasteiger partial charge in [0.1, 0.15) is 0 Å². The summed E-state index contributed by atoms with van der Waals surface area (Å²) in [5.41, 5.74) is 10.7. The first-order valence-electron chi connectivity index (χ1n) is 2.94. The molecule has 0 aliphatic heterocycles. The topological polar surface area (TPSA) is 64.4 Å². The smallest absolute Gasteiger partial charge is 0.153 e. The lowest BCUT2D eigenvalue weighted by Crippen LogP contribution is -2.11. The van der Waals surface area contributed by atoms with E-state index >= 15 is 0 Å². The number of rotatable bonds is 3. The highest BCUT2D eigenvalue weighted by molar-refractivity contribution is 8.13. The average Bonchev–Trinajstić information content (AvgIpc) is 1.85. The molecule has 0 amide bonds. The summed E-state index contributed by atoms with van der Waals surface area (Å²) in [6.07, 6.45) is 0. The standard InChI is InChI=1S/C5H13N3S/c1-2-8-5(7)9-4-3-6/h2-4,6H2,1H3,(H2,7,8). The lowest BCUT2D eigenvalue weighted by atomic mass is 10.8. The maximum Gasteiger partial charge on any atom is 0.153 e. The predicted molar refractivity (Wildman–Crippen MR) is 43.7 cm³/mol. The lowest BCUT2D eigenvalue weighted by Gasteiger charge is -1.95. The van der Waals surface area contributed by atoms with Crippen molar-refractivity contribution in [3.63, 3.8) is 0 Å². The van der Waals surface area contributed by atoms with E-state index in [9.17, 15) is 0 Å². The molecule has 0 fully saturated rings. The molecule has 3 nitrogen and oxygen atoms in total. The number of hydrogen-bond acceptors (Lipinski definition) is 3. The molecule has 0 spiro atoms. The predicted octanol–water partition coefficient (Wildman–Crippen LogP) is 0.0129. The molecule has 0 heterocycles. The molecular formula is C5H13N3S. The van der Waals surface area contributed by atoms with E-state index in [1.807, 2.05) is 6.92 Å². The van der Waals surface area contributed by atoms with Gasteiger partial charge < -0.3 is 11.5 Å². The molecular weight excluding hydrogens is 134 g/mol. The van der Waals surface area contributed by atoms with E-state index in [4.69, 9.17) is 11.5 Å². The zero-order chi connectivity index (χ0) is 7.11. The summed E-state index contributed by atoms with van der Waals surface area (Å²) in [7, 11) is 0. The van der Waals surface area contributed by atoms with Crippen molar-refractivity contribution in [2.75, 3.05) is 18.8 Å². The summed E-state index contributed by atoms with van der Waals surface area (Å²) in [4.78, 5) is 3.96. The van der Waals surface area contributed by atoms with Crippen LogP contribution in [0.15, 0.2) is 4.99 Å². The van der Waals surface area contributed by atoms with Gasteiger partial charge in [-0.25, -0.2) is 0 Å². The molecule has 0 bridgehead atoms. The Kier molecular flexibility index (Phi) is 5.76. The van der Waals surface area contributed by atoms with Crippen molar-refractivity contribution in [2.45, 2.75) is 6.92 Å². The first-order valence-corrected chi connectivity index (χ1v) is 3.92. The Morgan fingerprint density at radius 2 is 2.33 bits per heavy atom. The minimum atomic E-state index is 0.642. The van der Waals surface area contributed by atoms with Gasteiger partial charge >= 0.3 is 0 Å². The molecule has 0 aromatic heterocycles. The molecule has 0 aliphatic rings. The molecule has 0 atom stereocenters. The summed E-state index contributed by atoms with van der Waals surface area (Å²) in [5, 5.41) is 0.642. The van der Waals surface area contributed by atoms with Crippen LogP contribution in [-0.4, -0.2) is 24.0 Å². The maximum absolute atomic E-state index is 5.43. The van der Waals surface area contributed by atoms with Crippen molar-refractivity contribution in [3.8, 4) is 0 Å². The highest BCUT2D eigenvalue weighted by atomic mass is 32.2. The zero-order valence-corrected chi connectivity index (χ0v) is 6.45. The van der Waals surface area contributed by atoms with Gasteiger partial charge in [-0.2, -0.15) is 0 Å². The molecule has 0 rings (SSSR count). The van der Waals surface area contributed by atoms with E-state index in [0.717, 1.165) is 12.3 Å². The Bertz CT molecular complexity index is 92.2. The van der Waals surface area contributed by atoms with Crippen LogP contribution in [0.4, 0.5) is 0 Å². The summed E-state index contributed by atoms with van der Waals surface area (Å²) in [5.74, 6) is 0.856. The zero-order valence-electron chi connectivity index (χ0n) is 5.63. The van der Waals surface area contributed by atoms with E-state index in [1.165, 1.54) is 11.8 Å². The highest BCUT2D eigenvalue weighted by Gasteiger charge is 1.88. The third-order valence-corrected chi connectivity index (χ3v) is 1.55. The molecule has 4 heteroatoms. The number of thioether (sulfide) groups is 1. The summed E-state index contributed by atoms with van der Waals surface area (Å²) < 4.78 is 0. The van der Waals surface area contributed by atoms with Crippen LogP contribution in [0.25, 0.3) is 0 Å². The molecule has 54 valence electrons. The molecule has 0 aromatic carbocycles. The summed E-state index contributed by atoms with van der Waals surface area (Å²) in [6, 6.07) is 0. The van der Waals surface area contributed by atoms with Crippen LogP contribution in [0.3, 0.4) is 0 Å². The van der Waals surface area contributed by atoms with Gasteiger partial charge in [0.05, 0.1) is 0 Å². The van der Waals surface area contributed by atoms with Crippen molar-refractivity contribution in [2.24, 2.45) is 16.5 Å². The second kappa shape index (κ2) is 5.91. The number of nitrogens with zero attached hydrogens (tertiary/aromatic N) is 1. The van der Waals surface area contributed by atoms with Crippen LogP contribution in [0.5, 0.6) is 0 Å². The normalized spacial score (nSPS) is 12.0. The van der Waals surface area contributed by atoms with Crippen molar-refractivity contribution < 1.29 is 0 Å². The second-order valence-corrected chi connectivity index (χ2v) is 2.56. The fourth-order valence-electron chi connectivity index (χ4n) is 0.365. The van der Waals surface area contributed by atoms with Crippen LogP contribution in [-0.2, 0) is 0 Å². The van der Waals surface area contributed by atoms with Crippen molar-refractivity contribution in [1.29, 1.82) is 0 Å². The van der Waals surface area contributed by atoms with E-state index < -0.39 is 0 Å². The van der Waals surface area contributed by atoms with Gasteiger partial charge in [0.25, 0.3) is 0 Å². The maximum atomic E-state index is 5.43. The van der Waals surface area contributed by atoms with Gasteiger partial charge in [0, 0.05) is 18.8 Å². The number of hydrogen-bond donors (Lipinski definition) is 2. The monoisotopic (exact) mass is 147 g/mol. The third kappa shape index (κ3) is 5.65. The van der Waals surface area contributed by atoms with Gasteiger partial charge in [-0.15, -0.1) is 0 Å². The first kappa shape index (κ1) is 8.78. The van der Waals surface area contributed by atoms with Crippen molar-refractivity contribution >= 4 is 16.9 Å². The number of nitrogens with two attached hydrogens (primary N) is 2. The average molecular weight is 147 g/mol. The Morgan fingerprint density at radius 1 is 1.67 bits per heavy atom. The third-order valence-electron chi connectivity index (χ3n) is 0.682. The van der Waals surface area contributed by atoms with E-state index in [0.29, 0.717) is 11.7 Å². The van der Waals surface area contributed by atoms with Gasteiger partial charge in [0.15, 0.2) is 5.17 Å². The summed E-state index contributed by atoms with van der Waals surface area (Å²) >= 11 is 1.50. The minimum Gasteiger partial charge on any atom is -0.379 e. The van der Waals surface area contributed by atoms with Crippen LogP contribution in [0, 0.1) is 0 Å². The van der Waals surface area contributed by atoms with Gasteiger partial charge in [-0.3, -0.25) is 4.99 Å².